The highest BCUT2D eigenvalue weighted by molar-refractivity contribution is 7.87. The molecule has 0 aliphatic heterocycles. The van der Waals surface area contributed by atoms with Gasteiger partial charge < -0.3 is 8.92 Å². The molecule has 0 spiro atoms. The highest BCUT2D eigenvalue weighted by atomic mass is 35.5. The van der Waals surface area contributed by atoms with Crippen LogP contribution in [0.1, 0.15) is 0 Å². The van der Waals surface area contributed by atoms with Gasteiger partial charge in [-0.3, -0.25) is 4.98 Å². The van der Waals surface area contributed by atoms with Gasteiger partial charge in [-0.1, -0.05) is 23.2 Å². The van der Waals surface area contributed by atoms with Gasteiger partial charge in [0.05, 0.1) is 12.1 Å². The largest absolute Gasteiger partial charge is 0.495 e. The van der Waals surface area contributed by atoms with Crippen molar-refractivity contribution >= 4 is 44.2 Å². The lowest BCUT2D eigenvalue weighted by atomic mass is 10.2. The Kier molecular flexibility index (Phi) is 4.54. The number of nitrogens with zero attached hydrogens (tertiary/aromatic N) is 1. The molecule has 1 aromatic heterocycles. The van der Waals surface area contributed by atoms with E-state index in [-0.39, 0.29) is 16.4 Å². The second-order valence-electron chi connectivity index (χ2n) is 4.78. The SMILES string of the molecule is COc1cc(Cl)ccc1S(=O)(=O)Oc1ccc(Cl)c2cccnc12. The van der Waals surface area contributed by atoms with E-state index in [4.69, 9.17) is 32.1 Å². The maximum absolute atomic E-state index is 12.6. The summed E-state index contributed by atoms with van der Waals surface area (Å²) in [5, 5.41) is 1.39. The van der Waals surface area contributed by atoms with E-state index in [1.165, 1.54) is 37.6 Å². The molecule has 2 aromatic carbocycles. The lowest BCUT2D eigenvalue weighted by molar-refractivity contribution is 0.398. The molecule has 0 bridgehead atoms. The second-order valence-corrected chi connectivity index (χ2v) is 7.14. The first-order chi connectivity index (χ1) is 11.4. The number of fused-ring (bicyclic) bond motifs is 1. The number of rotatable bonds is 4. The molecule has 0 fully saturated rings. The Hall–Kier alpha value is -2.02. The highest BCUT2D eigenvalue weighted by Crippen LogP contribution is 2.34. The summed E-state index contributed by atoms with van der Waals surface area (Å²) in [7, 11) is -2.79. The van der Waals surface area contributed by atoms with Gasteiger partial charge >= 0.3 is 10.1 Å². The van der Waals surface area contributed by atoms with E-state index in [9.17, 15) is 8.42 Å². The van der Waals surface area contributed by atoms with Gasteiger partial charge in [-0.2, -0.15) is 8.42 Å². The predicted molar refractivity (Wildman–Crippen MR) is 92.6 cm³/mol. The molecule has 8 heteroatoms. The van der Waals surface area contributed by atoms with Crippen LogP contribution >= 0.6 is 23.2 Å². The molecule has 0 saturated carbocycles. The molecule has 0 atom stereocenters. The van der Waals surface area contributed by atoms with Crippen molar-refractivity contribution in [1.82, 2.24) is 4.98 Å². The molecule has 24 heavy (non-hydrogen) atoms. The molecule has 0 N–H and O–H groups in total. The first kappa shape index (κ1) is 16.8. The van der Waals surface area contributed by atoms with Gasteiger partial charge in [0.2, 0.25) is 0 Å². The standard InChI is InChI=1S/C16H11Cl2NO4S/c1-22-14-9-10(17)4-7-15(14)24(20,21)23-13-6-5-12(18)11-3-2-8-19-16(11)13/h2-9H,1H3. The Bertz CT molecular complexity index is 1020. The van der Waals surface area contributed by atoms with Gasteiger partial charge in [-0.15, -0.1) is 0 Å². The number of pyridine rings is 1. The van der Waals surface area contributed by atoms with Crippen molar-refractivity contribution in [3.05, 3.63) is 58.7 Å². The van der Waals surface area contributed by atoms with Crippen molar-refractivity contribution < 1.29 is 17.3 Å². The highest BCUT2D eigenvalue weighted by Gasteiger charge is 2.23. The average molecular weight is 384 g/mol. The molecule has 0 aliphatic rings. The molecule has 124 valence electrons. The summed E-state index contributed by atoms with van der Waals surface area (Å²) in [6.45, 7) is 0. The van der Waals surface area contributed by atoms with Crippen molar-refractivity contribution in [2.24, 2.45) is 0 Å². The quantitative estimate of drug-likeness (QED) is 0.627. The molecular weight excluding hydrogens is 373 g/mol. The Morgan fingerprint density at radius 3 is 2.58 bits per heavy atom. The van der Waals surface area contributed by atoms with Crippen molar-refractivity contribution in [2.45, 2.75) is 4.90 Å². The first-order valence-electron chi connectivity index (χ1n) is 6.73. The lowest BCUT2D eigenvalue weighted by Crippen LogP contribution is -2.11. The van der Waals surface area contributed by atoms with E-state index in [2.05, 4.69) is 4.98 Å². The number of ether oxygens (including phenoxy) is 1. The fourth-order valence-electron chi connectivity index (χ4n) is 2.19. The molecule has 0 saturated heterocycles. The van der Waals surface area contributed by atoms with Gasteiger partial charge in [0.1, 0.15) is 16.2 Å². The average Bonchev–Trinajstić information content (AvgIpc) is 2.57. The predicted octanol–water partition coefficient (Wildman–Crippen LogP) is 4.32. The molecule has 5 nitrogen and oxygen atoms in total. The third kappa shape index (κ3) is 3.13. The molecule has 0 aliphatic carbocycles. The van der Waals surface area contributed by atoms with Crippen LogP contribution in [0.4, 0.5) is 0 Å². The number of halogens is 2. The minimum absolute atomic E-state index is 0.0759. The third-order valence-corrected chi connectivity index (χ3v) is 5.11. The first-order valence-corrected chi connectivity index (χ1v) is 8.90. The van der Waals surface area contributed by atoms with Crippen molar-refractivity contribution in [3.63, 3.8) is 0 Å². The zero-order valence-corrected chi connectivity index (χ0v) is 14.7. The Labute approximate surface area is 148 Å². The van der Waals surface area contributed by atoms with Crippen LogP contribution in [0.3, 0.4) is 0 Å². The van der Waals surface area contributed by atoms with Crippen LogP contribution < -0.4 is 8.92 Å². The van der Waals surface area contributed by atoms with Crippen molar-refractivity contribution in [1.29, 1.82) is 0 Å². The van der Waals surface area contributed by atoms with E-state index < -0.39 is 10.1 Å². The Balaban J connectivity index is 2.10. The van der Waals surface area contributed by atoms with Crippen LogP contribution in [0.15, 0.2) is 53.6 Å². The molecule has 3 aromatic rings. The number of hydrogen-bond acceptors (Lipinski definition) is 5. The smallest absolute Gasteiger partial charge is 0.343 e. The van der Waals surface area contributed by atoms with E-state index in [0.29, 0.717) is 20.9 Å². The van der Waals surface area contributed by atoms with Crippen LogP contribution in [0.25, 0.3) is 10.9 Å². The summed E-state index contributed by atoms with van der Waals surface area (Å²) in [6, 6.07) is 10.6. The summed E-state index contributed by atoms with van der Waals surface area (Å²) in [5.74, 6) is 0.167. The molecule has 3 rings (SSSR count). The third-order valence-electron chi connectivity index (χ3n) is 3.27. The van der Waals surface area contributed by atoms with Crippen molar-refractivity contribution in [3.8, 4) is 11.5 Å². The topological polar surface area (TPSA) is 65.5 Å². The summed E-state index contributed by atoms with van der Waals surface area (Å²) >= 11 is 12.0. The fourth-order valence-corrected chi connectivity index (χ4v) is 3.65. The zero-order valence-electron chi connectivity index (χ0n) is 12.4. The second kappa shape index (κ2) is 6.47. The van der Waals surface area contributed by atoms with E-state index in [0.717, 1.165) is 0 Å². The maximum Gasteiger partial charge on any atom is 0.343 e. The molecule has 1 heterocycles. The fraction of sp³-hybridized carbons (Fsp3) is 0.0625. The normalized spacial score (nSPS) is 11.5. The van der Waals surface area contributed by atoms with Crippen LogP contribution in [0.5, 0.6) is 11.5 Å². The summed E-state index contributed by atoms with van der Waals surface area (Å²) < 4.78 is 35.6. The van der Waals surface area contributed by atoms with E-state index in [1.807, 2.05) is 0 Å². The summed E-state index contributed by atoms with van der Waals surface area (Å²) in [6.07, 6.45) is 1.53. The maximum atomic E-state index is 12.6. The van der Waals surface area contributed by atoms with Crippen LogP contribution in [-0.2, 0) is 10.1 Å². The van der Waals surface area contributed by atoms with Gasteiger partial charge in [0.25, 0.3) is 0 Å². The van der Waals surface area contributed by atoms with Gasteiger partial charge in [0.15, 0.2) is 5.75 Å². The van der Waals surface area contributed by atoms with E-state index >= 15 is 0 Å². The van der Waals surface area contributed by atoms with E-state index in [1.54, 1.807) is 18.2 Å². The molecule has 0 amide bonds. The summed E-state index contributed by atoms with van der Waals surface area (Å²) in [4.78, 5) is 4.02. The van der Waals surface area contributed by atoms with Gasteiger partial charge in [-0.25, -0.2) is 0 Å². The number of hydrogen-bond donors (Lipinski definition) is 0. The summed E-state index contributed by atoms with van der Waals surface area (Å²) in [5.41, 5.74) is 0.349. The molecule has 0 unspecified atom stereocenters. The Morgan fingerprint density at radius 2 is 1.83 bits per heavy atom. The van der Waals surface area contributed by atoms with Gasteiger partial charge in [0, 0.05) is 22.7 Å². The molecule has 0 radical (unpaired) electrons. The van der Waals surface area contributed by atoms with Gasteiger partial charge in [-0.05, 0) is 36.4 Å². The van der Waals surface area contributed by atoms with Crippen LogP contribution in [0, 0.1) is 0 Å². The van der Waals surface area contributed by atoms with Crippen LogP contribution in [-0.4, -0.2) is 20.5 Å². The monoisotopic (exact) mass is 383 g/mol. The molecular formula is C16H11Cl2NO4S. The lowest BCUT2D eigenvalue weighted by Gasteiger charge is -2.12. The minimum Gasteiger partial charge on any atom is -0.495 e. The van der Waals surface area contributed by atoms with Crippen LogP contribution in [0.2, 0.25) is 10.0 Å². The zero-order chi connectivity index (χ0) is 17.3. The minimum atomic E-state index is -4.14. The number of methoxy groups -OCH3 is 1. The van der Waals surface area contributed by atoms with Crippen molar-refractivity contribution in [2.75, 3.05) is 7.11 Å². The Morgan fingerprint density at radius 1 is 1.04 bits per heavy atom. The number of aromatic nitrogens is 1. The number of benzene rings is 2.